The van der Waals surface area contributed by atoms with Crippen molar-refractivity contribution in [3.63, 3.8) is 0 Å². The lowest BCUT2D eigenvalue weighted by Crippen LogP contribution is -2.57. The summed E-state index contributed by atoms with van der Waals surface area (Å²) in [5.74, 6) is -0.319. The molecule has 10 heteroatoms. The number of pyridine rings is 1. The van der Waals surface area contributed by atoms with Gasteiger partial charge in [-0.2, -0.15) is 0 Å². The number of carbonyl (C=O) groups excluding carboxylic acids is 3. The maximum Gasteiger partial charge on any atom is 0.408 e. The van der Waals surface area contributed by atoms with E-state index in [1.807, 2.05) is 20.8 Å². The number of nitrogens with one attached hydrogen (secondary N) is 1. The summed E-state index contributed by atoms with van der Waals surface area (Å²) < 4.78 is 17.1. The lowest BCUT2D eigenvalue weighted by Gasteiger charge is -2.34. The normalized spacial score (nSPS) is 22.0. The van der Waals surface area contributed by atoms with Crippen LogP contribution in [-0.4, -0.2) is 65.8 Å². The summed E-state index contributed by atoms with van der Waals surface area (Å²) in [6.07, 6.45) is 4.47. The van der Waals surface area contributed by atoms with E-state index in [9.17, 15) is 14.4 Å². The Balaban J connectivity index is 1.75. The molecule has 1 aromatic rings. The molecule has 33 heavy (non-hydrogen) atoms. The van der Waals surface area contributed by atoms with Crippen LogP contribution >= 0.6 is 15.9 Å². The Morgan fingerprint density at radius 3 is 2.52 bits per heavy atom. The molecule has 3 rings (SSSR count). The molecule has 2 aliphatic rings. The Morgan fingerprint density at radius 2 is 1.91 bits per heavy atom. The summed E-state index contributed by atoms with van der Waals surface area (Å²) in [5, 5.41) is 2.75. The van der Waals surface area contributed by atoms with E-state index in [1.54, 1.807) is 18.3 Å². The van der Waals surface area contributed by atoms with Crippen molar-refractivity contribution in [1.29, 1.82) is 0 Å². The van der Waals surface area contributed by atoms with Crippen molar-refractivity contribution < 1.29 is 28.6 Å². The van der Waals surface area contributed by atoms with Crippen molar-refractivity contribution in [3.8, 4) is 5.75 Å². The van der Waals surface area contributed by atoms with Crippen LogP contribution in [0.15, 0.2) is 22.9 Å². The molecule has 1 aromatic heterocycles. The summed E-state index contributed by atoms with van der Waals surface area (Å²) in [5.41, 5.74) is -0.610. The maximum atomic E-state index is 13.6. The average Bonchev–Trinajstić information content (AvgIpc) is 3.40. The van der Waals surface area contributed by atoms with Gasteiger partial charge in [-0.25, -0.2) is 14.6 Å². The highest BCUT2D eigenvalue weighted by Gasteiger charge is 2.46. The molecule has 2 heterocycles. The van der Waals surface area contributed by atoms with Gasteiger partial charge in [0.15, 0.2) is 0 Å². The predicted octanol–water partition coefficient (Wildman–Crippen LogP) is 3.45. The number of aromatic nitrogens is 1. The minimum absolute atomic E-state index is 0.118. The van der Waals surface area contributed by atoms with Crippen LogP contribution < -0.4 is 10.1 Å². The molecule has 1 saturated carbocycles. The maximum absolute atomic E-state index is 13.6. The monoisotopic (exact) mass is 525 g/mol. The number of ether oxygens (including phenoxy) is 3. The zero-order valence-corrected chi connectivity index (χ0v) is 21.1. The first-order valence-electron chi connectivity index (χ1n) is 11.2. The number of rotatable bonds is 6. The number of methoxy groups -OCH3 is 1. The highest BCUT2D eigenvalue weighted by molar-refractivity contribution is 9.10. The quantitative estimate of drug-likeness (QED) is 0.447. The smallest absolute Gasteiger partial charge is 0.408 e. The number of carbonyl (C=O) groups is 3. The van der Waals surface area contributed by atoms with E-state index >= 15 is 0 Å². The van der Waals surface area contributed by atoms with E-state index in [4.69, 9.17) is 14.2 Å². The largest absolute Gasteiger partial charge is 0.488 e. The number of hydrogen-bond acceptors (Lipinski definition) is 7. The highest BCUT2D eigenvalue weighted by Crippen LogP contribution is 2.29. The Morgan fingerprint density at radius 1 is 1.21 bits per heavy atom. The first-order chi connectivity index (χ1) is 15.6. The molecule has 9 nitrogen and oxygen atoms in total. The summed E-state index contributed by atoms with van der Waals surface area (Å²) in [7, 11) is 1.29. The molecule has 0 aromatic carbocycles. The zero-order chi connectivity index (χ0) is 24.2. The Hall–Kier alpha value is -2.36. The van der Waals surface area contributed by atoms with Gasteiger partial charge in [0.2, 0.25) is 5.91 Å². The summed E-state index contributed by atoms with van der Waals surface area (Å²) in [6.45, 7) is 5.76. The highest BCUT2D eigenvalue weighted by atomic mass is 79.9. The van der Waals surface area contributed by atoms with Crippen molar-refractivity contribution in [2.45, 2.75) is 77.2 Å². The van der Waals surface area contributed by atoms with Crippen molar-refractivity contribution in [2.24, 2.45) is 5.41 Å². The van der Waals surface area contributed by atoms with Gasteiger partial charge >= 0.3 is 12.1 Å². The van der Waals surface area contributed by atoms with Gasteiger partial charge in [-0.15, -0.1) is 0 Å². The van der Waals surface area contributed by atoms with Gasteiger partial charge < -0.3 is 24.4 Å². The average molecular weight is 526 g/mol. The molecule has 1 N–H and O–H groups in total. The van der Waals surface area contributed by atoms with Crippen LogP contribution in [-0.2, 0) is 19.1 Å². The lowest BCUT2D eigenvalue weighted by molar-refractivity contribution is -0.152. The van der Waals surface area contributed by atoms with Crippen LogP contribution in [0.4, 0.5) is 4.79 Å². The van der Waals surface area contributed by atoms with Gasteiger partial charge in [0.1, 0.15) is 34.6 Å². The second-order valence-electron chi connectivity index (χ2n) is 9.57. The van der Waals surface area contributed by atoms with E-state index in [2.05, 4.69) is 26.2 Å². The number of likely N-dealkylation sites (tertiary alicyclic amines) is 1. The summed E-state index contributed by atoms with van der Waals surface area (Å²) in [6, 6.07) is 1.74. The second-order valence-corrected chi connectivity index (χ2v) is 10.4. The van der Waals surface area contributed by atoms with Gasteiger partial charge in [-0.1, -0.05) is 20.8 Å². The van der Waals surface area contributed by atoms with Gasteiger partial charge in [-0.05, 0) is 53.1 Å². The standard InChI is InChI=1S/C23H32BrN3O6/c1-23(2,3)19(26-22(30)33-14-7-5-6-8-14)20(28)27-13-16(11-17(27)21(29)31-4)32-15-9-10-25-18(24)12-15/h9-10,12,14,16-17,19H,5-8,11,13H2,1-4H3,(H,26,30). The minimum Gasteiger partial charge on any atom is -0.488 e. The molecule has 0 spiro atoms. The third kappa shape index (κ3) is 6.59. The van der Waals surface area contributed by atoms with Crippen molar-refractivity contribution >= 4 is 33.9 Å². The van der Waals surface area contributed by atoms with Gasteiger partial charge in [0.05, 0.1) is 13.7 Å². The predicted molar refractivity (Wildman–Crippen MR) is 124 cm³/mol. The first kappa shape index (κ1) is 25.3. The number of alkyl carbamates (subject to hydrolysis) is 1. The molecule has 1 saturated heterocycles. The topological polar surface area (TPSA) is 107 Å². The molecule has 1 aliphatic carbocycles. The zero-order valence-electron chi connectivity index (χ0n) is 19.5. The van der Waals surface area contributed by atoms with Crippen LogP contribution in [0.3, 0.4) is 0 Å². The minimum atomic E-state index is -0.882. The Kier molecular flexibility index (Phi) is 8.20. The molecule has 2 amide bonds. The third-order valence-corrected chi connectivity index (χ3v) is 6.40. The summed E-state index contributed by atoms with van der Waals surface area (Å²) >= 11 is 3.31. The molecule has 3 unspecified atom stereocenters. The Bertz CT molecular complexity index is 868. The van der Waals surface area contributed by atoms with Gasteiger partial charge in [-0.3, -0.25) is 4.79 Å². The number of nitrogens with zero attached hydrogens (tertiary/aromatic N) is 2. The van der Waals surface area contributed by atoms with Crippen LogP contribution in [0.5, 0.6) is 5.75 Å². The van der Waals surface area contributed by atoms with E-state index < -0.39 is 35.7 Å². The van der Waals surface area contributed by atoms with Gasteiger partial charge in [0, 0.05) is 18.7 Å². The van der Waals surface area contributed by atoms with E-state index in [0.29, 0.717) is 10.4 Å². The van der Waals surface area contributed by atoms with Crippen LogP contribution in [0.25, 0.3) is 0 Å². The van der Waals surface area contributed by atoms with Crippen molar-refractivity contribution in [1.82, 2.24) is 15.2 Å². The Labute approximate surface area is 202 Å². The second kappa shape index (κ2) is 10.7. The SMILES string of the molecule is COC(=O)C1CC(Oc2ccnc(Br)c2)CN1C(=O)C(NC(=O)OC1CCCC1)C(C)(C)C. The van der Waals surface area contributed by atoms with Crippen LogP contribution in [0, 0.1) is 5.41 Å². The molecular weight excluding hydrogens is 494 g/mol. The number of amides is 2. The fraction of sp³-hybridized carbons (Fsp3) is 0.652. The molecule has 0 radical (unpaired) electrons. The van der Waals surface area contributed by atoms with E-state index in [1.165, 1.54) is 12.0 Å². The van der Waals surface area contributed by atoms with E-state index in [0.717, 1.165) is 25.7 Å². The first-order valence-corrected chi connectivity index (χ1v) is 12.0. The molecular formula is C23H32BrN3O6. The van der Waals surface area contributed by atoms with Gasteiger partial charge in [0.25, 0.3) is 0 Å². The fourth-order valence-electron chi connectivity index (χ4n) is 4.26. The van der Waals surface area contributed by atoms with Crippen molar-refractivity contribution in [2.75, 3.05) is 13.7 Å². The molecule has 0 bridgehead atoms. The van der Waals surface area contributed by atoms with Crippen LogP contribution in [0.2, 0.25) is 0 Å². The van der Waals surface area contributed by atoms with Crippen LogP contribution in [0.1, 0.15) is 52.9 Å². The number of halogens is 1. The molecule has 2 fully saturated rings. The molecule has 3 atom stereocenters. The molecule has 182 valence electrons. The number of esters is 1. The number of hydrogen-bond donors (Lipinski definition) is 1. The molecule has 1 aliphatic heterocycles. The van der Waals surface area contributed by atoms with E-state index in [-0.39, 0.29) is 25.0 Å². The third-order valence-electron chi connectivity index (χ3n) is 5.97. The van der Waals surface area contributed by atoms with Crippen molar-refractivity contribution in [3.05, 3.63) is 22.9 Å². The summed E-state index contributed by atoms with van der Waals surface area (Å²) in [4.78, 5) is 44.2. The fourth-order valence-corrected chi connectivity index (χ4v) is 4.60. The lowest BCUT2D eigenvalue weighted by atomic mass is 9.85.